The first kappa shape index (κ1) is 19.6. The van der Waals surface area contributed by atoms with Gasteiger partial charge in [0, 0.05) is 0 Å². The Balaban J connectivity index is 1.81. The van der Waals surface area contributed by atoms with Crippen molar-refractivity contribution in [3.8, 4) is 0 Å². The van der Waals surface area contributed by atoms with Crippen LogP contribution in [0.5, 0.6) is 0 Å². The Labute approximate surface area is 148 Å². The van der Waals surface area contributed by atoms with Crippen molar-refractivity contribution in [1.82, 2.24) is 0 Å². The van der Waals surface area contributed by atoms with E-state index >= 15 is 0 Å². The summed E-state index contributed by atoms with van der Waals surface area (Å²) in [4.78, 5) is 12.4. The fourth-order valence-electron chi connectivity index (χ4n) is 4.46. The molecule has 2 rings (SSSR count). The van der Waals surface area contributed by atoms with Gasteiger partial charge in [-0.05, 0) is 88.9 Å². The van der Waals surface area contributed by atoms with Crippen LogP contribution in [0.2, 0.25) is 0 Å². The van der Waals surface area contributed by atoms with E-state index in [-0.39, 0.29) is 11.2 Å². The fraction of sp³-hybridized carbons (Fsp3) is 0.952. The van der Waals surface area contributed by atoms with Gasteiger partial charge < -0.3 is 9.47 Å². The van der Waals surface area contributed by atoms with Crippen LogP contribution < -0.4 is 0 Å². The summed E-state index contributed by atoms with van der Waals surface area (Å²) in [5.74, 6) is 2.97. The summed E-state index contributed by atoms with van der Waals surface area (Å²) in [5.41, 5.74) is -0.679. The molecule has 2 aliphatic rings. The van der Waals surface area contributed by atoms with Crippen molar-refractivity contribution >= 4 is 6.16 Å². The van der Waals surface area contributed by atoms with Gasteiger partial charge in [0.25, 0.3) is 0 Å². The minimum atomic E-state index is -0.453. The third-order valence-electron chi connectivity index (χ3n) is 6.72. The summed E-state index contributed by atoms with van der Waals surface area (Å²) in [6, 6.07) is 0. The first-order valence-electron chi connectivity index (χ1n) is 10.0. The van der Waals surface area contributed by atoms with Crippen LogP contribution in [0.1, 0.15) is 92.9 Å². The smallest absolute Gasteiger partial charge is 0.428 e. The van der Waals surface area contributed by atoms with E-state index in [1.807, 2.05) is 0 Å². The Bertz CT molecular complexity index is 373. The van der Waals surface area contributed by atoms with E-state index in [9.17, 15) is 4.79 Å². The van der Waals surface area contributed by atoms with Gasteiger partial charge in [-0.15, -0.1) is 0 Å². The predicted octanol–water partition coefficient (Wildman–Crippen LogP) is 6.35. The third kappa shape index (κ3) is 5.13. The quantitative estimate of drug-likeness (QED) is 0.560. The Morgan fingerprint density at radius 3 is 1.29 bits per heavy atom. The molecule has 2 fully saturated rings. The van der Waals surface area contributed by atoms with Crippen LogP contribution in [0.25, 0.3) is 0 Å². The summed E-state index contributed by atoms with van der Waals surface area (Å²) in [6.07, 6.45) is 7.96. The highest BCUT2D eigenvalue weighted by Crippen LogP contribution is 2.40. The Kier molecular flexibility index (Phi) is 6.25. The SMILES string of the molecule is CC(C)C1CCC(C)(OC(=O)OC2(C)CCC(C(C)C)CC2)CC1. The lowest BCUT2D eigenvalue weighted by atomic mass is 9.75. The number of hydrogen-bond donors (Lipinski definition) is 0. The molecule has 24 heavy (non-hydrogen) atoms. The average Bonchev–Trinajstić information content (AvgIpc) is 2.46. The van der Waals surface area contributed by atoms with Gasteiger partial charge in [-0.2, -0.15) is 0 Å². The third-order valence-corrected chi connectivity index (χ3v) is 6.72. The molecule has 0 unspecified atom stereocenters. The second-order valence-electron chi connectivity index (χ2n) is 9.52. The largest absolute Gasteiger partial charge is 0.509 e. The summed E-state index contributed by atoms with van der Waals surface area (Å²) < 4.78 is 11.6. The maximum atomic E-state index is 12.4. The van der Waals surface area contributed by atoms with E-state index in [0.29, 0.717) is 0 Å². The topological polar surface area (TPSA) is 35.5 Å². The van der Waals surface area contributed by atoms with E-state index in [0.717, 1.165) is 75.0 Å². The van der Waals surface area contributed by atoms with Gasteiger partial charge in [0.15, 0.2) is 0 Å². The summed E-state index contributed by atoms with van der Waals surface area (Å²) in [7, 11) is 0. The standard InChI is InChI=1S/C21H38O3/c1-15(2)17-7-11-20(5,12-8-17)23-19(22)24-21(6)13-9-18(10-14-21)16(3)4/h15-18H,7-14H2,1-6H3. The van der Waals surface area contributed by atoms with E-state index < -0.39 is 6.16 Å². The summed E-state index contributed by atoms with van der Waals surface area (Å²) >= 11 is 0. The highest BCUT2D eigenvalue weighted by molar-refractivity contribution is 5.61. The molecule has 0 heterocycles. The second-order valence-corrected chi connectivity index (χ2v) is 9.52. The highest BCUT2D eigenvalue weighted by Gasteiger charge is 2.39. The predicted molar refractivity (Wildman–Crippen MR) is 98.0 cm³/mol. The molecular weight excluding hydrogens is 300 g/mol. The second kappa shape index (κ2) is 7.66. The Morgan fingerprint density at radius 1 is 0.750 bits per heavy atom. The lowest BCUT2D eigenvalue weighted by Gasteiger charge is -2.40. The van der Waals surface area contributed by atoms with E-state index in [1.54, 1.807) is 0 Å². The molecule has 2 aliphatic carbocycles. The molecule has 0 aromatic carbocycles. The van der Waals surface area contributed by atoms with Crippen molar-refractivity contribution in [2.45, 2.75) is 104 Å². The van der Waals surface area contributed by atoms with Gasteiger partial charge >= 0.3 is 6.16 Å². The van der Waals surface area contributed by atoms with Crippen LogP contribution in [-0.4, -0.2) is 17.4 Å². The van der Waals surface area contributed by atoms with Crippen LogP contribution in [0.3, 0.4) is 0 Å². The van der Waals surface area contributed by atoms with Crippen molar-refractivity contribution in [3.63, 3.8) is 0 Å². The molecule has 0 amide bonds. The van der Waals surface area contributed by atoms with Crippen LogP contribution in [-0.2, 0) is 9.47 Å². The highest BCUT2D eigenvalue weighted by atomic mass is 16.7. The zero-order valence-corrected chi connectivity index (χ0v) is 16.7. The lowest BCUT2D eigenvalue weighted by molar-refractivity contribution is -0.0990. The van der Waals surface area contributed by atoms with Crippen LogP contribution in [0.15, 0.2) is 0 Å². The number of ether oxygens (including phenoxy) is 2. The van der Waals surface area contributed by atoms with Crippen molar-refractivity contribution < 1.29 is 14.3 Å². The maximum absolute atomic E-state index is 12.4. The molecule has 0 atom stereocenters. The van der Waals surface area contributed by atoms with Crippen molar-refractivity contribution in [3.05, 3.63) is 0 Å². The van der Waals surface area contributed by atoms with Crippen molar-refractivity contribution in [1.29, 1.82) is 0 Å². The molecule has 0 aliphatic heterocycles. The van der Waals surface area contributed by atoms with Gasteiger partial charge in [-0.3, -0.25) is 0 Å². The number of hydrogen-bond acceptors (Lipinski definition) is 3. The molecule has 0 radical (unpaired) electrons. The molecule has 0 saturated heterocycles. The van der Waals surface area contributed by atoms with Gasteiger partial charge in [0.05, 0.1) is 0 Å². The molecule has 0 bridgehead atoms. The van der Waals surface area contributed by atoms with Crippen LogP contribution in [0.4, 0.5) is 4.79 Å². The van der Waals surface area contributed by atoms with Crippen LogP contribution in [0, 0.1) is 23.7 Å². The van der Waals surface area contributed by atoms with Gasteiger partial charge in [0.1, 0.15) is 11.2 Å². The van der Waals surface area contributed by atoms with Gasteiger partial charge in [-0.25, -0.2) is 4.79 Å². The fourth-order valence-corrected chi connectivity index (χ4v) is 4.46. The zero-order chi connectivity index (χ0) is 18.0. The molecule has 2 saturated carbocycles. The summed E-state index contributed by atoms with van der Waals surface area (Å²) in [5, 5.41) is 0. The first-order valence-corrected chi connectivity index (χ1v) is 10.0. The molecule has 3 heteroatoms. The molecule has 0 spiro atoms. The van der Waals surface area contributed by atoms with Crippen LogP contribution >= 0.6 is 0 Å². The lowest BCUT2D eigenvalue weighted by Crippen LogP contribution is -2.41. The van der Waals surface area contributed by atoms with Gasteiger partial charge in [-0.1, -0.05) is 27.7 Å². The van der Waals surface area contributed by atoms with Crippen molar-refractivity contribution in [2.75, 3.05) is 0 Å². The molecule has 0 aromatic heterocycles. The summed E-state index contributed by atoms with van der Waals surface area (Å²) in [6.45, 7) is 13.3. The monoisotopic (exact) mass is 338 g/mol. The molecule has 140 valence electrons. The first-order chi connectivity index (χ1) is 11.1. The minimum Gasteiger partial charge on any atom is -0.428 e. The number of carbonyl (C=O) groups is 1. The number of rotatable bonds is 4. The Morgan fingerprint density at radius 2 is 1.04 bits per heavy atom. The maximum Gasteiger partial charge on any atom is 0.509 e. The van der Waals surface area contributed by atoms with Gasteiger partial charge in [0.2, 0.25) is 0 Å². The minimum absolute atomic E-state index is 0.339. The van der Waals surface area contributed by atoms with E-state index in [2.05, 4.69) is 41.5 Å². The normalized spacial score (nSPS) is 37.5. The molecular formula is C21H38O3. The molecule has 3 nitrogen and oxygen atoms in total. The average molecular weight is 339 g/mol. The molecule has 0 aromatic rings. The van der Waals surface area contributed by atoms with Crippen molar-refractivity contribution in [2.24, 2.45) is 23.7 Å². The molecule has 0 N–H and O–H groups in total. The zero-order valence-electron chi connectivity index (χ0n) is 16.7. The van der Waals surface area contributed by atoms with E-state index in [4.69, 9.17) is 9.47 Å². The Hall–Kier alpha value is -0.730. The van der Waals surface area contributed by atoms with E-state index in [1.165, 1.54) is 0 Å². The number of carbonyl (C=O) groups excluding carboxylic acids is 1.